The molecular weight excluding hydrogens is 428 g/mol. The van der Waals surface area contributed by atoms with Crippen LogP contribution in [0.4, 0.5) is 0 Å². The van der Waals surface area contributed by atoms with Crippen molar-refractivity contribution in [1.29, 1.82) is 0 Å². The van der Waals surface area contributed by atoms with E-state index >= 15 is 0 Å². The van der Waals surface area contributed by atoms with Crippen LogP contribution in [0.15, 0.2) is 49.6 Å². The summed E-state index contributed by atoms with van der Waals surface area (Å²) in [5, 5.41) is 10.5. The van der Waals surface area contributed by atoms with Crippen LogP contribution in [0.5, 0.6) is 5.75 Å². The van der Waals surface area contributed by atoms with E-state index in [0.717, 1.165) is 24.2 Å². The van der Waals surface area contributed by atoms with Gasteiger partial charge in [-0.15, -0.1) is 13.2 Å². The first-order chi connectivity index (χ1) is 15.6. The van der Waals surface area contributed by atoms with Gasteiger partial charge in [0.2, 0.25) is 8.32 Å². The molecule has 1 rings (SSSR count). The quantitative estimate of drug-likeness (QED) is 0.187. The van der Waals surface area contributed by atoms with Crippen molar-refractivity contribution in [2.75, 3.05) is 7.11 Å². The van der Waals surface area contributed by atoms with E-state index in [-0.39, 0.29) is 12.2 Å². The van der Waals surface area contributed by atoms with Gasteiger partial charge < -0.3 is 19.0 Å². The zero-order valence-electron chi connectivity index (χ0n) is 22.0. The standard InChI is InChI=1S/C28H48O4Si/c1-10-12-25(29)18-28(31-20-24-14-16-26(30-9)17-15-24)19-27(13-11-2)32-33(21(3)4,22(5)6)23(7)8/h10-11,14-17,21-23,25,27-29H,1-2,12-13,18-20H2,3-9H3/t25-,27-,28-/m0/s1. The van der Waals surface area contributed by atoms with Crippen LogP contribution in [0.1, 0.15) is 72.8 Å². The highest BCUT2D eigenvalue weighted by atomic mass is 28.4. The highest BCUT2D eigenvalue weighted by Crippen LogP contribution is 2.44. The van der Waals surface area contributed by atoms with E-state index in [1.807, 2.05) is 30.3 Å². The summed E-state index contributed by atoms with van der Waals surface area (Å²) in [7, 11) is -0.379. The molecule has 0 aromatic heterocycles. The van der Waals surface area contributed by atoms with Crippen LogP contribution in [0.2, 0.25) is 16.6 Å². The maximum atomic E-state index is 10.5. The number of methoxy groups -OCH3 is 1. The Kier molecular flexibility index (Phi) is 13.3. The van der Waals surface area contributed by atoms with E-state index < -0.39 is 14.4 Å². The Balaban J connectivity index is 3.06. The van der Waals surface area contributed by atoms with Gasteiger partial charge in [-0.05, 0) is 60.0 Å². The number of aliphatic hydroxyl groups is 1. The minimum Gasteiger partial charge on any atom is -0.497 e. The van der Waals surface area contributed by atoms with E-state index in [4.69, 9.17) is 13.9 Å². The molecule has 0 amide bonds. The average Bonchev–Trinajstić information content (AvgIpc) is 2.75. The Labute approximate surface area is 204 Å². The van der Waals surface area contributed by atoms with Crippen LogP contribution in [0.3, 0.4) is 0 Å². The first kappa shape index (κ1) is 29.6. The Bertz CT molecular complexity index is 662. The maximum absolute atomic E-state index is 10.5. The summed E-state index contributed by atoms with van der Waals surface area (Å²) in [6.45, 7) is 22.1. The summed E-state index contributed by atoms with van der Waals surface area (Å²) in [6, 6.07) is 7.92. The van der Waals surface area contributed by atoms with Gasteiger partial charge in [-0.3, -0.25) is 0 Å². The Morgan fingerprint density at radius 3 is 1.85 bits per heavy atom. The molecule has 0 saturated heterocycles. The minimum atomic E-state index is -2.04. The summed E-state index contributed by atoms with van der Waals surface area (Å²) >= 11 is 0. The van der Waals surface area contributed by atoms with Crippen LogP contribution in [0.25, 0.3) is 0 Å². The van der Waals surface area contributed by atoms with Crippen molar-refractivity contribution in [3.05, 3.63) is 55.1 Å². The lowest BCUT2D eigenvalue weighted by molar-refractivity contribution is -0.0207. The van der Waals surface area contributed by atoms with Gasteiger partial charge in [-0.2, -0.15) is 0 Å². The van der Waals surface area contributed by atoms with Crippen molar-refractivity contribution >= 4 is 8.32 Å². The molecule has 0 aliphatic carbocycles. The third-order valence-corrected chi connectivity index (χ3v) is 12.8. The third kappa shape index (κ3) is 9.04. The van der Waals surface area contributed by atoms with Crippen molar-refractivity contribution in [2.24, 2.45) is 0 Å². The molecule has 0 heterocycles. The van der Waals surface area contributed by atoms with E-state index in [1.54, 1.807) is 13.2 Å². The first-order valence-electron chi connectivity index (χ1n) is 12.4. The molecule has 188 valence electrons. The Hall–Kier alpha value is -1.40. The van der Waals surface area contributed by atoms with Crippen LogP contribution in [0, 0.1) is 0 Å². The molecule has 5 heteroatoms. The van der Waals surface area contributed by atoms with Gasteiger partial charge in [0.05, 0.1) is 32.0 Å². The molecule has 4 nitrogen and oxygen atoms in total. The van der Waals surface area contributed by atoms with E-state index in [2.05, 4.69) is 54.7 Å². The van der Waals surface area contributed by atoms with Crippen molar-refractivity contribution in [3.63, 3.8) is 0 Å². The molecule has 0 aliphatic heterocycles. The predicted molar refractivity (Wildman–Crippen MR) is 142 cm³/mol. The molecular formula is C28H48O4Si. The summed E-state index contributed by atoms with van der Waals surface area (Å²) in [4.78, 5) is 0. The number of benzene rings is 1. The van der Waals surface area contributed by atoms with E-state index in [1.165, 1.54) is 0 Å². The first-order valence-corrected chi connectivity index (χ1v) is 14.6. The molecule has 0 spiro atoms. The smallest absolute Gasteiger partial charge is 0.200 e. The van der Waals surface area contributed by atoms with Gasteiger partial charge in [0.1, 0.15) is 5.75 Å². The third-order valence-electron chi connectivity index (χ3n) is 6.65. The number of ether oxygens (including phenoxy) is 2. The largest absolute Gasteiger partial charge is 0.497 e. The number of hydrogen-bond acceptors (Lipinski definition) is 4. The van der Waals surface area contributed by atoms with E-state index in [9.17, 15) is 5.11 Å². The van der Waals surface area contributed by atoms with E-state index in [0.29, 0.717) is 36.1 Å². The maximum Gasteiger partial charge on any atom is 0.200 e. The van der Waals surface area contributed by atoms with Crippen molar-refractivity contribution < 1.29 is 19.0 Å². The highest BCUT2D eigenvalue weighted by molar-refractivity contribution is 6.77. The summed E-state index contributed by atoms with van der Waals surface area (Å²) in [6.07, 6.45) is 5.76. The average molecular weight is 477 g/mol. The lowest BCUT2D eigenvalue weighted by atomic mass is 10.0. The molecule has 1 aromatic carbocycles. The second-order valence-electron chi connectivity index (χ2n) is 10.0. The monoisotopic (exact) mass is 476 g/mol. The molecule has 0 radical (unpaired) electrons. The highest BCUT2D eigenvalue weighted by Gasteiger charge is 2.46. The molecule has 0 unspecified atom stereocenters. The number of hydrogen-bond donors (Lipinski definition) is 1. The van der Waals surface area contributed by atoms with Gasteiger partial charge in [0.25, 0.3) is 0 Å². The minimum absolute atomic E-state index is 0.0261. The lowest BCUT2D eigenvalue weighted by Gasteiger charge is -2.45. The molecule has 1 N–H and O–H groups in total. The fraction of sp³-hybridized carbons (Fsp3) is 0.643. The van der Waals surface area contributed by atoms with Crippen LogP contribution < -0.4 is 4.74 Å². The van der Waals surface area contributed by atoms with Gasteiger partial charge in [0, 0.05) is 0 Å². The lowest BCUT2D eigenvalue weighted by Crippen LogP contribution is -2.50. The van der Waals surface area contributed by atoms with Gasteiger partial charge in [-0.25, -0.2) is 0 Å². The fourth-order valence-corrected chi connectivity index (χ4v) is 10.7. The van der Waals surface area contributed by atoms with Gasteiger partial charge in [0.15, 0.2) is 0 Å². The predicted octanol–water partition coefficient (Wildman–Crippen LogP) is 7.43. The van der Waals surface area contributed by atoms with Crippen molar-refractivity contribution in [1.82, 2.24) is 0 Å². The Morgan fingerprint density at radius 1 is 0.848 bits per heavy atom. The zero-order valence-corrected chi connectivity index (χ0v) is 23.0. The molecule has 0 aliphatic rings. The summed E-state index contributed by atoms with van der Waals surface area (Å²) in [5.74, 6) is 0.827. The molecule has 0 saturated carbocycles. The Morgan fingerprint density at radius 2 is 1.39 bits per heavy atom. The normalized spacial score (nSPS) is 15.0. The topological polar surface area (TPSA) is 47.9 Å². The van der Waals surface area contributed by atoms with Gasteiger partial charge >= 0.3 is 0 Å². The van der Waals surface area contributed by atoms with Crippen LogP contribution >= 0.6 is 0 Å². The van der Waals surface area contributed by atoms with Crippen molar-refractivity contribution in [2.45, 2.75) is 109 Å². The SMILES string of the molecule is C=CC[C@H](O)C[C@@H](C[C@H](CC=C)O[Si](C(C)C)(C(C)C)C(C)C)OCc1ccc(OC)cc1. The van der Waals surface area contributed by atoms with Crippen LogP contribution in [-0.2, 0) is 15.8 Å². The van der Waals surface area contributed by atoms with Gasteiger partial charge in [-0.1, -0.05) is 65.8 Å². The molecule has 0 fully saturated rings. The molecule has 3 atom stereocenters. The molecule has 1 aromatic rings. The second-order valence-corrected chi connectivity index (χ2v) is 15.4. The van der Waals surface area contributed by atoms with Crippen LogP contribution in [-0.4, -0.2) is 38.8 Å². The number of rotatable bonds is 17. The van der Waals surface area contributed by atoms with Crippen molar-refractivity contribution in [3.8, 4) is 5.75 Å². The number of aliphatic hydroxyl groups excluding tert-OH is 1. The fourth-order valence-electron chi connectivity index (χ4n) is 5.13. The molecule has 0 bridgehead atoms. The second kappa shape index (κ2) is 14.8. The molecule has 33 heavy (non-hydrogen) atoms. The zero-order chi connectivity index (χ0) is 25.0. The summed E-state index contributed by atoms with van der Waals surface area (Å²) < 4.78 is 18.7. The summed E-state index contributed by atoms with van der Waals surface area (Å²) in [5.41, 5.74) is 2.61.